The first-order chi connectivity index (χ1) is 9.44. The van der Waals surface area contributed by atoms with Crippen LogP contribution >= 0.6 is 11.3 Å². The fraction of sp³-hybridized carbons (Fsp3) is 0.438. The van der Waals surface area contributed by atoms with Gasteiger partial charge in [0.2, 0.25) is 0 Å². The fourth-order valence-corrected chi connectivity index (χ4v) is 2.73. The van der Waals surface area contributed by atoms with E-state index in [9.17, 15) is 4.39 Å². The van der Waals surface area contributed by atoms with E-state index in [-0.39, 0.29) is 11.4 Å². The van der Waals surface area contributed by atoms with Gasteiger partial charge in [-0.05, 0) is 44.9 Å². The second-order valence-electron chi connectivity index (χ2n) is 6.05. The van der Waals surface area contributed by atoms with Crippen molar-refractivity contribution < 1.29 is 4.39 Å². The molecule has 1 aromatic carbocycles. The molecule has 0 spiro atoms. The Bertz CT molecular complexity index is 514. The van der Waals surface area contributed by atoms with Crippen LogP contribution in [0.4, 0.5) is 4.39 Å². The van der Waals surface area contributed by atoms with Gasteiger partial charge in [0.1, 0.15) is 5.82 Å². The van der Waals surface area contributed by atoms with Crippen LogP contribution in [0.5, 0.6) is 0 Å². The zero-order valence-electron chi connectivity index (χ0n) is 12.2. The number of nitrogens with zero attached hydrogens (tertiary/aromatic N) is 1. The molecule has 0 aliphatic carbocycles. The minimum absolute atomic E-state index is 0.0754. The molecule has 20 heavy (non-hydrogen) atoms. The molecule has 1 N–H and O–H groups in total. The van der Waals surface area contributed by atoms with E-state index in [1.807, 2.05) is 23.8 Å². The van der Waals surface area contributed by atoms with Gasteiger partial charge in [0.15, 0.2) is 0 Å². The van der Waals surface area contributed by atoms with Gasteiger partial charge in [0.25, 0.3) is 0 Å². The smallest absolute Gasteiger partial charge is 0.123 e. The van der Waals surface area contributed by atoms with Crippen molar-refractivity contribution in [1.29, 1.82) is 0 Å². The number of halogens is 1. The van der Waals surface area contributed by atoms with Crippen molar-refractivity contribution in [1.82, 2.24) is 10.3 Å². The molecule has 0 aliphatic heterocycles. The molecule has 2 aromatic rings. The second-order valence-corrected chi connectivity index (χ2v) is 7.02. The van der Waals surface area contributed by atoms with Crippen molar-refractivity contribution in [3.8, 4) is 0 Å². The molecule has 1 atom stereocenters. The summed E-state index contributed by atoms with van der Waals surface area (Å²) in [7, 11) is 0. The quantitative estimate of drug-likeness (QED) is 0.901. The lowest BCUT2D eigenvalue weighted by Gasteiger charge is -2.25. The Morgan fingerprint density at radius 1 is 1.25 bits per heavy atom. The summed E-state index contributed by atoms with van der Waals surface area (Å²) in [4.78, 5) is 5.39. The first-order valence-corrected chi connectivity index (χ1v) is 7.70. The van der Waals surface area contributed by atoms with E-state index in [1.165, 1.54) is 17.0 Å². The van der Waals surface area contributed by atoms with E-state index in [2.05, 4.69) is 31.1 Å². The molecule has 0 saturated heterocycles. The van der Waals surface area contributed by atoms with Gasteiger partial charge < -0.3 is 5.32 Å². The maximum atomic E-state index is 13.1. The summed E-state index contributed by atoms with van der Waals surface area (Å²) in [5.41, 5.74) is 3.09. The molecular formula is C16H21FN2S. The third-order valence-corrected chi connectivity index (χ3v) is 3.95. The summed E-state index contributed by atoms with van der Waals surface area (Å²) in [5, 5.41) is 3.54. The SMILES string of the molecule is CC(C)(C)NCC(Cc1cncs1)c1ccc(F)cc1. The molecule has 108 valence electrons. The Morgan fingerprint density at radius 3 is 2.50 bits per heavy atom. The highest BCUT2D eigenvalue weighted by Crippen LogP contribution is 2.23. The van der Waals surface area contributed by atoms with Gasteiger partial charge in [-0.1, -0.05) is 12.1 Å². The summed E-state index contributed by atoms with van der Waals surface area (Å²) < 4.78 is 13.1. The molecule has 0 aliphatic rings. The zero-order chi connectivity index (χ0) is 14.6. The minimum atomic E-state index is -0.186. The number of hydrogen-bond donors (Lipinski definition) is 1. The lowest BCUT2D eigenvalue weighted by molar-refractivity contribution is 0.405. The van der Waals surface area contributed by atoms with Crippen molar-refractivity contribution >= 4 is 11.3 Å². The number of nitrogens with one attached hydrogen (secondary N) is 1. The maximum absolute atomic E-state index is 13.1. The highest BCUT2D eigenvalue weighted by atomic mass is 32.1. The van der Waals surface area contributed by atoms with Gasteiger partial charge in [-0.3, -0.25) is 4.98 Å². The molecule has 0 saturated carbocycles. The van der Waals surface area contributed by atoms with Crippen LogP contribution in [0.1, 0.15) is 37.1 Å². The van der Waals surface area contributed by atoms with E-state index < -0.39 is 0 Å². The molecule has 1 aromatic heterocycles. The molecule has 0 fully saturated rings. The maximum Gasteiger partial charge on any atom is 0.123 e. The normalized spacial score (nSPS) is 13.4. The molecule has 4 heteroatoms. The van der Waals surface area contributed by atoms with Crippen LogP contribution in [0, 0.1) is 5.82 Å². The van der Waals surface area contributed by atoms with Crippen LogP contribution in [0.25, 0.3) is 0 Å². The van der Waals surface area contributed by atoms with Gasteiger partial charge in [-0.25, -0.2) is 4.39 Å². The third kappa shape index (κ3) is 4.69. The van der Waals surface area contributed by atoms with E-state index in [0.717, 1.165) is 18.5 Å². The summed E-state index contributed by atoms with van der Waals surface area (Å²) in [6.07, 6.45) is 2.84. The fourth-order valence-electron chi connectivity index (χ4n) is 2.06. The van der Waals surface area contributed by atoms with Crippen LogP contribution in [-0.4, -0.2) is 17.1 Å². The lowest BCUT2D eigenvalue weighted by atomic mass is 9.94. The predicted octanol–water partition coefficient (Wildman–Crippen LogP) is 4.00. The molecule has 1 unspecified atom stereocenters. The molecule has 0 bridgehead atoms. The molecule has 2 nitrogen and oxygen atoms in total. The predicted molar refractivity (Wildman–Crippen MR) is 82.7 cm³/mol. The average Bonchev–Trinajstić information content (AvgIpc) is 2.87. The summed E-state index contributed by atoms with van der Waals surface area (Å²) in [6, 6.07) is 6.83. The van der Waals surface area contributed by atoms with Crippen LogP contribution in [0.15, 0.2) is 36.0 Å². The van der Waals surface area contributed by atoms with Crippen molar-refractivity contribution in [2.75, 3.05) is 6.54 Å². The van der Waals surface area contributed by atoms with Crippen molar-refractivity contribution in [2.45, 2.75) is 38.6 Å². The van der Waals surface area contributed by atoms with Gasteiger partial charge >= 0.3 is 0 Å². The average molecular weight is 292 g/mol. The molecule has 2 rings (SSSR count). The van der Waals surface area contributed by atoms with E-state index in [0.29, 0.717) is 5.92 Å². The Labute approximate surface area is 124 Å². The molecule has 1 heterocycles. The van der Waals surface area contributed by atoms with E-state index in [1.54, 1.807) is 11.3 Å². The van der Waals surface area contributed by atoms with E-state index in [4.69, 9.17) is 0 Å². The van der Waals surface area contributed by atoms with Crippen LogP contribution in [0.2, 0.25) is 0 Å². The first-order valence-electron chi connectivity index (χ1n) is 6.82. The standard InChI is InChI=1S/C16H21FN2S/c1-16(2,3)19-9-13(8-15-10-18-11-20-15)12-4-6-14(17)7-5-12/h4-7,10-11,13,19H,8-9H2,1-3H3. The lowest BCUT2D eigenvalue weighted by Crippen LogP contribution is -2.39. The van der Waals surface area contributed by atoms with Gasteiger partial charge in [-0.2, -0.15) is 0 Å². The third-order valence-electron chi connectivity index (χ3n) is 3.15. The van der Waals surface area contributed by atoms with Crippen molar-refractivity contribution in [3.63, 3.8) is 0 Å². The number of benzene rings is 1. The van der Waals surface area contributed by atoms with Gasteiger partial charge in [0.05, 0.1) is 5.51 Å². The second kappa shape index (κ2) is 6.46. The Balaban J connectivity index is 2.12. The minimum Gasteiger partial charge on any atom is -0.311 e. The topological polar surface area (TPSA) is 24.9 Å². The summed E-state index contributed by atoms with van der Waals surface area (Å²) in [6.45, 7) is 7.33. The Hall–Kier alpha value is -1.26. The first kappa shape index (κ1) is 15.1. The number of hydrogen-bond acceptors (Lipinski definition) is 3. The number of thiazole rings is 1. The van der Waals surface area contributed by atoms with Crippen molar-refractivity contribution in [2.24, 2.45) is 0 Å². The van der Waals surface area contributed by atoms with Crippen LogP contribution < -0.4 is 5.32 Å². The summed E-state index contributed by atoms with van der Waals surface area (Å²) in [5.74, 6) is 0.143. The molecular weight excluding hydrogens is 271 g/mol. The van der Waals surface area contributed by atoms with Crippen LogP contribution in [-0.2, 0) is 6.42 Å². The molecule has 0 radical (unpaired) electrons. The monoisotopic (exact) mass is 292 g/mol. The zero-order valence-corrected chi connectivity index (χ0v) is 13.0. The largest absolute Gasteiger partial charge is 0.311 e. The highest BCUT2D eigenvalue weighted by Gasteiger charge is 2.17. The summed E-state index contributed by atoms with van der Waals surface area (Å²) >= 11 is 1.67. The van der Waals surface area contributed by atoms with Crippen molar-refractivity contribution in [3.05, 3.63) is 52.2 Å². The Morgan fingerprint density at radius 2 is 1.95 bits per heavy atom. The highest BCUT2D eigenvalue weighted by molar-refractivity contribution is 7.09. The van der Waals surface area contributed by atoms with Crippen LogP contribution in [0.3, 0.4) is 0 Å². The van der Waals surface area contributed by atoms with Gasteiger partial charge in [0, 0.05) is 29.1 Å². The Kier molecular flexibility index (Phi) is 4.89. The van der Waals surface area contributed by atoms with Gasteiger partial charge in [-0.15, -0.1) is 11.3 Å². The molecule has 0 amide bonds. The van der Waals surface area contributed by atoms with E-state index >= 15 is 0 Å². The number of rotatable bonds is 5. The number of aromatic nitrogens is 1.